The molecule has 118 valence electrons. The number of carbonyl (C=O) groups is 1. The predicted molar refractivity (Wildman–Crippen MR) is 89.2 cm³/mol. The molecule has 0 N–H and O–H groups in total. The highest BCUT2D eigenvalue weighted by molar-refractivity contribution is 8.13. The Morgan fingerprint density at radius 1 is 1.36 bits per heavy atom. The lowest BCUT2D eigenvalue weighted by atomic mass is 10.1. The van der Waals surface area contributed by atoms with Gasteiger partial charge in [0.15, 0.2) is 5.13 Å². The van der Waals surface area contributed by atoms with Crippen LogP contribution in [0, 0.1) is 19.8 Å². The Bertz CT molecular complexity index is 821. The number of hydrogen-bond donors (Lipinski definition) is 0. The number of rotatable bonds is 3. The molecule has 1 aliphatic heterocycles. The monoisotopic (exact) mass is 358 g/mol. The molecule has 5 nitrogen and oxygen atoms in total. The largest absolute Gasteiger partial charge is 0.288 e. The lowest BCUT2D eigenvalue weighted by Crippen LogP contribution is -2.25. The summed E-state index contributed by atoms with van der Waals surface area (Å²) in [6.07, 6.45) is 0.194. The number of benzene rings is 1. The summed E-state index contributed by atoms with van der Waals surface area (Å²) < 4.78 is 23.4. The first-order chi connectivity index (χ1) is 10.2. The van der Waals surface area contributed by atoms with Crippen molar-refractivity contribution in [1.82, 2.24) is 4.98 Å². The summed E-state index contributed by atoms with van der Waals surface area (Å²) in [6.45, 7) is 4.41. The molecule has 0 radical (unpaired) electrons. The summed E-state index contributed by atoms with van der Waals surface area (Å²) in [6, 6.07) is 4.07. The number of aromatic nitrogens is 1. The zero-order valence-corrected chi connectivity index (χ0v) is 14.6. The molecule has 1 amide bonds. The minimum atomic E-state index is -3.60. The molecular weight excluding hydrogens is 344 g/mol. The summed E-state index contributed by atoms with van der Waals surface area (Å²) >= 11 is 1.45. The molecule has 3 rings (SSSR count). The summed E-state index contributed by atoms with van der Waals surface area (Å²) in [7, 11) is 1.69. The highest BCUT2D eigenvalue weighted by Gasteiger charge is 2.34. The molecule has 8 heteroatoms. The SMILES string of the molecule is Cc1cc2nc(N3CC(CS(=O)(=O)Cl)CC3=O)sc2cc1C. The van der Waals surface area contributed by atoms with E-state index in [1.807, 2.05) is 19.9 Å². The zero-order valence-electron chi connectivity index (χ0n) is 12.2. The third kappa shape index (κ3) is 3.11. The average Bonchev–Trinajstić information content (AvgIpc) is 2.91. The zero-order chi connectivity index (χ0) is 16.1. The number of aryl methyl sites for hydroxylation is 2. The molecule has 22 heavy (non-hydrogen) atoms. The minimum Gasteiger partial charge on any atom is -0.288 e. The van der Waals surface area contributed by atoms with Crippen molar-refractivity contribution in [3.63, 3.8) is 0 Å². The van der Waals surface area contributed by atoms with Gasteiger partial charge in [0.25, 0.3) is 0 Å². The molecule has 1 fully saturated rings. The van der Waals surface area contributed by atoms with Gasteiger partial charge in [-0.1, -0.05) is 11.3 Å². The van der Waals surface area contributed by atoms with Gasteiger partial charge in [-0.25, -0.2) is 13.4 Å². The molecule has 1 aliphatic rings. The second-order valence-corrected chi connectivity index (χ2v) is 9.51. The van der Waals surface area contributed by atoms with Crippen LogP contribution in [-0.2, 0) is 13.8 Å². The Kier molecular flexibility index (Phi) is 3.91. The lowest BCUT2D eigenvalue weighted by molar-refractivity contribution is -0.117. The molecule has 2 aromatic rings. The normalized spacial score (nSPS) is 19.3. The predicted octanol–water partition coefficient (Wildman–Crippen LogP) is 2.83. The molecule has 1 unspecified atom stereocenters. The molecule has 0 aliphatic carbocycles. The van der Waals surface area contributed by atoms with Crippen LogP contribution in [0.1, 0.15) is 17.5 Å². The first kappa shape index (κ1) is 15.7. The van der Waals surface area contributed by atoms with Gasteiger partial charge in [0.2, 0.25) is 15.0 Å². The Hall–Kier alpha value is -1.18. The summed E-state index contributed by atoms with van der Waals surface area (Å²) in [5, 5.41) is 0.625. The Balaban J connectivity index is 1.89. The van der Waals surface area contributed by atoms with E-state index in [-0.39, 0.29) is 24.0 Å². The fourth-order valence-electron chi connectivity index (χ4n) is 2.64. The molecule has 0 bridgehead atoms. The first-order valence-corrected chi connectivity index (χ1v) is 10.1. The number of nitrogens with zero attached hydrogens (tertiary/aromatic N) is 2. The minimum absolute atomic E-state index is 0.0992. The molecule has 0 saturated carbocycles. The Morgan fingerprint density at radius 2 is 2.05 bits per heavy atom. The number of thiazole rings is 1. The molecule has 2 heterocycles. The van der Waals surface area contributed by atoms with Crippen molar-refractivity contribution < 1.29 is 13.2 Å². The molecule has 1 saturated heterocycles. The van der Waals surface area contributed by atoms with Crippen molar-refractivity contribution in [2.75, 3.05) is 17.2 Å². The van der Waals surface area contributed by atoms with Crippen LogP contribution in [-0.4, -0.2) is 31.6 Å². The second kappa shape index (κ2) is 5.47. The van der Waals surface area contributed by atoms with E-state index in [4.69, 9.17) is 10.7 Å². The highest BCUT2D eigenvalue weighted by atomic mass is 35.7. The molecule has 1 aromatic heterocycles. The Morgan fingerprint density at radius 3 is 2.73 bits per heavy atom. The van der Waals surface area contributed by atoms with E-state index in [0.29, 0.717) is 11.7 Å². The van der Waals surface area contributed by atoms with Crippen molar-refractivity contribution in [2.45, 2.75) is 20.3 Å². The van der Waals surface area contributed by atoms with Crippen molar-refractivity contribution in [2.24, 2.45) is 5.92 Å². The fourth-order valence-corrected chi connectivity index (χ4v) is 5.04. The van der Waals surface area contributed by atoms with E-state index in [1.54, 1.807) is 4.90 Å². The number of hydrogen-bond acceptors (Lipinski definition) is 5. The lowest BCUT2D eigenvalue weighted by Gasteiger charge is -2.12. The number of carbonyl (C=O) groups excluding carboxylic acids is 1. The van der Waals surface area contributed by atoms with Gasteiger partial charge >= 0.3 is 0 Å². The van der Waals surface area contributed by atoms with Gasteiger partial charge in [-0.15, -0.1) is 0 Å². The van der Waals surface area contributed by atoms with Crippen LogP contribution in [0.2, 0.25) is 0 Å². The molecular formula is C14H15ClN2O3S2. The van der Waals surface area contributed by atoms with Crippen molar-refractivity contribution in [1.29, 1.82) is 0 Å². The van der Waals surface area contributed by atoms with Gasteiger partial charge in [-0.3, -0.25) is 9.69 Å². The quantitative estimate of drug-likeness (QED) is 0.791. The van der Waals surface area contributed by atoms with Crippen LogP contribution in [0.4, 0.5) is 5.13 Å². The summed E-state index contributed by atoms with van der Waals surface area (Å²) in [5.74, 6) is -0.553. The van der Waals surface area contributed by atoms with E-state index in [1.165, 1.54) is 16.9 Å². The van der Waals surface area contributed by atoms with Gasteiger partial charge in [0, 0.05) is 29.6 Å². The van der Waals surface area contributed by atoms with E-state index in [9.17, 15) is 13.2 Å². The van der Waals surface area contributed by atoms with Gasteiger partial charge in [-0.2, -0.15) is 0 Å². The van der Waals surface area contributed by atoms with Crippen LogP contribution in [0.15, 0.2) is 12.1 Å². The van der Waals surface area contributed by atoms with Crippen molar-refractivity contribution in [3.05, 3.63) is 23.3 Å². The standard InChI is InChI=1S/C14H15ClN2O3S2/c1-8-3-11-12(4-9(8)2)21-14(16-11)17-6-10(5-13(17)18)7-22(15,19)20/h3-4,10H,5-7H2,1-2H3. The van der Waals surface area contributed by atoms with Crippen LogP contribution in [0.25, 0.3) is 10.2 Å². The third-order valence-electron chi connectivity index (χ3n) is 3.86. The number of anilines is 1. The summed E-state index contributed by atoms with van der Waals surface area (Å²) in [4.78, 5) is 18.2. The smallest absolute Gasteiger partial charge is 0.232 e. The van der Waals surface area contributed by atoms with E-state index >= 15 is 0 Å². The number of fused-ring (bicyclic) bond motifs is 1. The average molecular weight is 359 g/mol. The number of halogens is 1. The maximum atomic E-state index is 12.1. The topological polar surface area (TPSA) is 67.3 Å². The molecule has 0 spiro atoms. The second-order valence-electron chi connectivity index (χ2n) is 5.68. The summed E-state index contributed by atoms with van der Waals surface area (Å²) in [5.41, 5.74) is 3.20. The highest BCUT2D eigenvalue weighted by Crippen LogP contribution is 2.34. The van der Waals surface area contributed by atoms with Gasteiger partial charge in [-0.05, 0) is 37.1 Å². The molecule has 1 atom stereocenters. The van der Waals surface area contributed by atoms with Gasteiger partial charge < -0.3 is 0 Å². The van der Waals surface area contributed by atoms with E-state index in [2.05, 4.69) is 11.1 Å². The van der Waals surface area contributed by atoms with Gasteiger partial charge in [0.1, 0.15) is 0 Å². The van der Waals surface area contributed by atoms with E-state index < -0.39 is 9.05 Å². The van der Waals surface area contributed by atoms with Crippen LogP contribution in [0.5, 0.6) is 0 Å². The molecule has 1 aromatic carbocycles. The Labute approximate surface area is 137 Å². The van der Waals surface area contributed by atoms with Crippen LogP contribution < -0.4 is 4.90 Å². The van der Waals surface area contributed by atoms with Crippen LogP contribution >= 0.6 is 22.0 Å². The van der Waals surface area contributed by atoms with Gasteiger partial charge in [0.05, 0.1) is 16.0 Å². The van der Waals surface area contributed by atoms with Crippen LogP contribution in [0.3, 0.4) is 0 Å². The fraction of sp³-hybridized carbons (Fsp3) is 0.429. The third-order valence-corrected chi connectivity index (χ3v) is 6.15. The van der Waals surface area contributed by atoms with Crippen molar-refractivity contribution >= 4 is 52.3 Å². The maximum absolute atomic E-state index is 12.1. The first-order valence-electron chi connectivity index (χ1n) is 6.83. The van der Waals surface area contributed by atoms with Crippen molar-refractivity contribution in [3.8, 4) is 0 Å². The van der Waals surface area contributed by atoms with E-state index in [0.717, 1.165) is 15.8 Å². The number of amides is 1. The maximum Gasteiger partial charge on any atom is 0.232 e.